The minimum Gasteiger partial charge on any atom is -0.393 e. The number of nitrogens with zero attached hydrogens (tertiary/aromatic N) is 1. The van der Waals surface area contributed by atoms with E-state index in [1.165, 1.54) is 19.3 Å². The van der Waals surface area contributed by atoms with Crippen molar-refractivity contribution >= 4 is 0 Å². The number of hydrogen-bond acceptors (Lipinski definition) is 3. The molecule has 2 fully saturated rings. The van der Waals surface area contributed by atoms with Crippen LogP contribution in [0.1, 0.15) is 52.9 Å². The minimum atomic E-state index is -0.212. The molecule has 3 unspecified atom stereocenters. The highest BCUT2D eigenvalue weighted by Crippen LogP contribution is 2.32. The van der Waals surface area contributed by atoms with Crippen molar-refractivity contribution in [2.24, 2.45) is 17.1 Å². The molecule has 1 saturated heterocycles. The Balaban J connectivity index is 1.87. The van der Waals surface area contributed by atoms with Crippen molar-refractivity contribution in [1.29, 1.82) is 0 Å². The van der Waals surface area contributed by atoms with Crippen LogP contribution in [0.3, 0.4) is 0 Å². The second kappa shape index (κ2) is 5.48. The molecule has 0 spiro atoms. The highest BCUT2D eigenvalue weighted by Gasteiger charge is 2.34. The molecule has 2 aliphatic rings. The Labute approximate surface area is 112 Å². The number of rotatable bonds is 3. The molecule has 1 saturated carbocycles. The van der Waals surface area contributed by atoms with Crippen molar-refractivity contribution in [3.8, 4) is 0 Å². The van der Waals surface area contributed by atoms with E-state index in [1.54, 1.807) is 0 Å². The lowest BCUT2D eigenvalue weighted by Crippen LogP contribution is -2.53. The van der Waals surface area contributed by atoms with Gasteiger partial charge in [-0.05, 0) is 37.0 Å². The summed E-state index contributed by atoms with van der Waals surface area (Å²) in [6, 6.07) is 1.09. The van der Waals surface area contributed by atoms with Crippen molar-refractivity contribution < 1.29 is 5.11 Å². The van der Waals surface area contributed by atoms with Gasteiger partial charge in [0.1, 0.15) is 0 Å². The Hall–Kier alpha value is -0.120. The van der Waals surface area contributed by atoms with Crippen LogP contribution in [0.15, 0.2) is 0 Å². The number of likely N-dealkylation sites (tertiary alicyclic amines) is 1. The fraction of sp³-hybridized carbons (Fsp3) is 1.00. The van der Waals surface area contributed by atoms with E-state index in [1.807, 2.05) is 0 Å². The van der Waals surface area contributed by atoms with Crippen molar-refractivity contribution in [3.05, 3.63) is 0 Å². The average Bonchev–Trinajstić information content (AvgIpc) is 2.11. The molecule has 3 heteroatoms. The second-order valence-electron chi connectivity index (χ2n) is 7.52. The molecule has 18 heavy (non-hydrogen) atoms. The van der Waals surface area contributed by atoms with E-state index >= 15 is 0 Å². The summed E-state index contributed by atoms with van der Waals surface area (Å²) in [5.41, 5.74) is 6.18. The van der Waals surface area contributed by atoms with Gasteiger partial charge in [-0.3, -0.25) is 4.90 Å². The van der Waals surface area contributed by atoms with E-state index in [0.29, 0.717) is 12.0 Å². The monoisotopic (exact) mass is 254 g/mol. The summed E-state index contributed by atoms with van der Waals surface area (Å²) in [5, 5.41) is 10.3. The van der Waals surface area contributed by atoms with Crippen LogP contribution >= 0.6 is 0 Å². The fourth-order valence-electron chi connectivity index (χ4n) is 3.17. The van der Waals surface area contributed by atoms with Gasteiger partial charge in [0.25, 0.3) is 0 Å². The molecular weight excluding hydrogens is 224 g/mol. The molecule has 0 aromatic rings. The summed E-state index contributed by atoms with van der Waals surface area (Å²) in [4.78, 5) is 2.58. The summed E-state index contributed by atoms with van der Waals surface area (Å²) in [5.74, 6) is 0.573. The van der Waals surface area contributed by atoms with Crippen LogP contribution in [-0.4, -0.2) is 41.3 Å². The van der Waals surface area contributed by atoms with Crippen LogP contribution < -0.4 is 5.73 Å². The Bertz CT molecular complexity index is 270. The maximum absolute atomic E-state index is 10.3. The third-order valence-corrected chi connectivity index (χ3v) is 4.75. The lowest BCUT2D eigenvalue weighted by atomic mass is 9.79. The molecule has 106 valence electrons. The Morgan fingerprint density at radius 3 is 2.44 bits per heavy atom. The molecule has 3 atom stereocenters. The molecule has 0 amide bonds. The van der Waals surface area contributed by atoms with Crippen molar-refractivity contribution in [1.82, 2.24) is 4.90 Å². The molecule has 0 aromatic heterocycles. The van der Waals surface area contributed by atoms with Gasteiger partial charge in [0.2, 0.25) is 0 Å². The van der Waals surface area contributed by atoms with E-state index < -0.39 is 0 Å². The van der Waals surface area contributed by atoms with Gasteiger partial charge < -0.3 is 10.8 Å². The number of nitrogens with two attached hydrogens (primary N) is 1. The third-order valence-electron chi connectivity index (χ3n) is 4.75. The van der Waals surface area contributed by atoms with Gasteiger partial charge in [-0.25, -0.2) is 0 Å². The number of hydrogen-bond donors (Lipinski definition) is 2. The molecule has 0 aromatic carbocycles. The summed E-state index contributed by atoms with van der Waals surface area (Å²) >= 11 is 0. The molecule has 3 nitrogen and oxygen atoms in total. The van der Waals surface area contributed by atoms with Gasteiger partial charge in [0.05, 0.1) is 6.10 Å². The fourth-order valence-corrected chi connectivity index (χ4v) is 3.17. The summed E-state index contributed by atoms with van der Waals surface area (Å²) in [6.45, 7) is 8.55. The van der Waals surface area contributed by atoms with Gasteiger partial charge >= 0.3 is 0 Å². The summed E-state index contributed by atoms with van der Waals surface area (Å²) in [7, 11) is 0. The molecule has 3 N–H and O–H groups in total. The lowest BCUT2D eigenvalue weighted by molar-refractivity contribution is 0.00890. The quantitative estimate of drug-likeness (QED) is 0.810. The Morgan fingerprint density at radius 2 is 1.94 bits per heavy atom. The lowest BCUT2D eigenvalue weighted by Gasteiger charge is -2.45. The van der Waals surface area contributed by atoms with E-state index in [9.17, 15) is 5.11 Å². The molecule has 0 bridgehead atoms. The molecule has 2 rings (SSSR count). The van der Waals surface area contributed by atoms with Gasteiger partial charge in [-0.15, -0.1) is 0 Å². The first-order valence-electron chi connectivity index (χ1n) is 7.54. The molecule has 1 aliphatic heterocycles. The van der Waals surface area contributed by atoms with Crippen LogP contribution in [0.25, 0.3) is 0 Å². The molecule has 0 radical (unpaired) electrons. The SMILES string of the molecule is CC(C)(C)C(O)CC1CC(N)CN(C2CCC2)C1. The Kier molecular flexibility index (Phi) is 4.35. The van der Waals surface area contributed by atoms with Crippen LogP contribution in [0.4, 0.5) is 0 Å². The van der Waals surface area contributed by atoms with Gasteiger partial charge in [0, 0.05) is 25.2 Å². The number of piperidine rings is 1. The highest BCUT2D eigenvalue weighted by atomic mass is 16.3. The van der Waals surface area contributed by atoms with Crippen LogP contribution in [0.2, 0.25) is 0 Å². The maximum atomic E-state index is 10.3. The normalized spacial score (nSPS) is 33.2. The zero-order chi connectivity index (χ0) is 13.3. The summed E-state index contributed by atoms with van der Waals surface area (Å²) in [6.07, 6.45) is 5.85. The van der Waals surface area contributed by atoms with Gasteiger partial charge in [0.15, 0.2) is 0 Å². The topological polar surface area (TPSA) is 49.5 Å². The third kappa shape index (κ3) is 3.46. The van der Waals surface area contributed by atoms with Gasteiger partial charge in [-0.2, -0.15) is 0 Å². The van der Waals surface area contributed by atoms with Crippen molar-refractivity contribution in [2.45, 2.75) is 71.1 Å². The minimum absolute atomic E-state index is 0.0111. The van der Waals surface area contributed by atoms with Gasteiger partial charge in [-0.1, -0.05) is 27.2 Å². The maximum Gasteiger partial charge on any atom is 0.0591 e. The van der Waals surface area contributed by atoms with E-state index in [-0.39, 0.29) is 11.5 Å². The smallest absolute Gasteiger partial charge is 0.0591 e. The zero-order valence-electron chi connectivity index (χ0n) is 12.2. The standard InChI is InChI=1S/C15H30N2O/c1-15(2,3)14(18)8-11-7-12(16)10-17(9-11)13-5-4-6-13/h11-14,18H,4-10,16H2,1-3H3. The van der Waals surface area contributed by atoms with E-state index in [4.69, 9.17) is 5.73 Å². The first kappa shape index (κ1) is 14.3. The average molecular weight is 254 g/mol. The summed E-state index contributed by atoms with van der Waals surface area (Å²) < 4.78 is 0. The van der Waals surface area contributed by atoms with Crippen molar-refractivity contribution in [3.63, 3.8) is 0 Å². The van der Waals surface area contributed by atoms with Crippen LogP contribution in [0.5, 0.6) is 0 Å². The van der Waals surface area contributed by atoms with Crippen LogP contribution in [-0.2, 0) is 0 Å². The van der Waals surface area contributed by atoms with E-state index in [0.717, 1.165) is 32.0 Å². The zero-order valence-corrected chi connectivity index (χ0v) is 12.2. The Morgan fingerprint density at radius 1 is 1.28 bits per heavy atom. The molecular formula is C15H30N2O. The van der Waals surface area contributed by atoms with E-state index in [2.05, 4.69) is 25.7 Å². The number of aliphatic hydroxyl groups is 1. The first-order chi connectivity index (χ1) is 8.36. The largest absolute Gasteiger partial charge is 0.393 e. The van der Waals surface area contributed by atoms with Crippen LogP contribution in [0, 0.1) is 11.3 Å². The highest BCUT2D eigenvalue weighted by molar-refractivity contribution is 4.90. The molecule has 1 aliphatic carbocycles. The number of aliphatic hydroxyl groups excluding tert-OH is 1. The first-order valence-corrected chi connectivity index (χ1v) is 7.54. The van der Waals surface area contributed by atoms with Crippen molar-refractivity contribution in [2.75, 3.05) is 13.1 Å². The predicted molar refractivity (Wildman–Crippen MR) is 75.4 cm³/mol. The predicted octanol–water partition coefficient (Wildman–Crippen LogP) is 1.99. The molecule has 1 heterocycles. The second-order valence-corrected chi connectivity index (χ2v) is 7.52.